The lowest BCUT2D eigenvalue weighted by Gasteiger charge is -2.23. The predicted octanol–water partition coefficient (Wildman–Crippen LogP) is 2.32. The van der Waals surface area contributed by atoms with Gasteiger partial charge in [-0.15, -0.1) is 0 Å². The van der Waals surface area contributed by atoms with Crippen LogP contribution in [0.3, 0.4) is 0 Å². The molecule has 0 aromatic rings. The van der Waals surface area contributed by atoms with Gasteiger partial charge in [-0.2, -0.15) is 0 Å². The Hall–Kier alpha value is -0.590. The van der Waals surface area contributed by atoms with Gasteiger partial charge in [0.15, 0.2) is 5.78 Å². The van der Waals surface area contributed by atoms with Gasteiger partial charge in [0.05, 0.1) is 0 Å². The molecule has 10 heavy (non-hydrogen) atoms. The standard InChI is InChI=1S/C9H14O/c1-2-4-9(10)7-8-5-3-6-8/h2,4,8H,3,5-7H2,1H3/b4-2+. The molecule has 0 atom stereocenters. The first kappa shape index (κ1) is 7.52. The van der Waals surface area contributed by atoms with Gasteiger partial charge in [0, 0.05) is 6.42 Å². The van der Waals surface area contributed by atoms with Gasteiger partial charge >= 0.3 is 0 Å². The molecule has 0 aliphatic heterocycles. The number of hydrogen-bond acceptors (Lipinski definition) is 1. The second-order valence-electron chi connectivity index (χ2n) is 2.97. The first-order valence-corrected chi connectivity index (χ1v) is 3.98. The average Bonchev–Trinajstić information content (AvgIpc) is 1.80. The average molecular weight is 138 g/mol. The zero-order valence-corrected chi connectivity index (χ0v) is 6.47. The zero-order chi connectivity index (χ0) is 7.40. The van der Waals surface area contributed by atoms with Crippen molar-refractivity contribution in [2.24, 2.45) is 5.92 Å². The molecule has 1 nitrogen and oxygen atoms in total. The van der Waals surface area contributed by atoms with Gasteiger partial charge < -0.3 is 0 Å². The summed E-state index contributed by atoms with van der Waals surface area (Å²) in [6, 6.07) is 0. The van der Waals surface area contributed by atoms with Gasteiger partial charge in [0.2, 0.25) is 0 Å². The molecule has 1 rings (SSSR count). The molecule has 0 aromatic heterocycles. The van der Waals surface area contributed by atoms with Crippen LogP contribution >= 0.6 is 0 Å². The number of carbonyl (C=O) groups is 1. The molecule has 0 aromatic carbocycles. The molecule has 1 heteroatoms. The highest BCUT2D eigenvalue weighted by atomic mass is 16.1. The Labute approximate surface area is 62.1 Å². The number of allylic oxidation sites excluding steroid dienone is 2. The van der Waals surface area contributed by atoms with E-state index in [9.17, 15) is 4.79 Å². The zero-order valence-electron chi connectivity index (χ0n) is 6.47. The summed E-state index contributed by atoms with van der Waals surface area (Å²) in [5.41, 5.74) is 0. The van der Waals surface area contributed by atoms with E-state index in [1.165, 1.54) is 19.3 Å². The minimum atomic E-state index is 0.298. The van der Waals surface area contributed by atoms with Crippen molar-refractivity contribution in [2.75, 3.05) is 0 Å². The van der Waals surface area contributed by atoms with Crippen LogP contribution in [0.1, 0.15) is 32.6 Å². The van der Waals surface area contributed by atoms with Crippen LogP contribution in [0.2, 0.25) is 0 Å². The van der Waals surface area contributed by atoms with Crippen LogP contribution in [0.4, 0.5) is 0 Å². The molecule has 0 bridgehead atoms. The first-order valence-electron chi connectivity index (χ1n) is 3.98. The lowest BCUT2D eigenvalue weighted by molar-refractivity contribution is -0.116. The van der Waals surface area contributed by atoms with Gasteiger partial charge in [0.25, 0.3) is 0 Å². The Morgan fingerprint density at radius 1 is 1.60 bits per heavy atom. The molecule has 1 aliphatic carbocycles. The fourth-order valence-corrected chi connectivity index (χ4v) is 1.24. The third-order valence-electron chi connectivity index (χ3n) is 2.07. The highest BCUT2D eigenvalue weighted by Gasteiger charge is 2.18. The summed E-state index contributed by atoms with van der Waals surface area (Å²) in [7, 11) is 0. The van der Waals surface area contributed by atoms with Crippen molar-refractivity contribution < 1.29 is 4.79 Å². The maximum absolute atomic E-state index is 11.0. The van der Waals surface area contributed by atoms with E-state index >= 15 is 0 Å². The molecule has 0 radical (unpaired) electrons. The van der Waals surface area contributed by atoms with Crippen molar-refractivity contribution in [1.82, 2.24) is 0 Å². The number of ketones is 1. The molecule has 0 unspecified atom stereocenters. The third-order valence-corrected chi connectivity index (χ3v) is 2.07. The Balaban J connectivity index is 2.17. The quantitative estimate of drug-likeness (QED) is 0.547. The molecule has 1 fully saturated rings. The second kappa shape index (κ2) is 3.55. The Morgan fingerprint density at radius 2 is 2.30 bits per heavy atom. The highest BCUT2D eigenvalue weighted by molar-refractivity contribution is 5.89. The SMILES string of the molecule is C/C=C/C(=O)CC1CCC1. The van der Waals surface area contributed by atoms with Crippen molar-refractivity contribution in [3.8, 4) is 0 Å². The fourth-order valence-electron chi connectivity index (χ4n) is 1.24. The van der Waals surface area contributed by atoms with Crippen molar-refractivity contribution in [1.29, 1.82) is 0 Å². The lowest BCUT2D eigenvalue weighted by atomic mass is 9.82. The van der Waals surface area contributed by atoms with Crippen molar-refractivity contribution in [3.05, 3.63) is 12.2 Å². The fraction of sp³-hybridized carbons (Fsp3) is 0.667. The highest BCUT2D eigenvalue weighted by Crippen LogP contribution is 2.29. The van der Waals surface area contributed by atoms with E-state index in [0.29, 0.717) is 11.7 Å². The van der Waals surface area contributed by atoms with E-state index < -0.39 is 0 Å². The molecule has 0 N–H and O–H groups in total. The Bertz CT molecular complexity index is 143. The molecule has 56 valence electrons. The monoisotopic (exact) mass is 138 g/mol. The molecule has 1 aliphatic rings. The molecule has 0 heterocycles. The van der Waals surface area contributed by atoms with Crippen LogP contribution in [-0.4, -0.2) is 5.78 Å². The summed E-state index contributed by atoms with van der Waals surface area (Å²) in [5, 5.41) is 0. The normalized spacial score (nSPS) is 19.3. The maximum Gasteiger partial charge on any atom is 0.155 e. The lowest BCUT2D eigenvalue weighted by Crippen LogP contribution is -2.14. The summed E-state index contributed by atoms with van der Waals surface area (Å²) in [4.78, 5) is 11.0. The molecular formula is C9H14O. The summed E-state index contributed by atoms with van der Waals surface area (Å²) < 4.78 is 0. The van der Waals surface area contributed by atoms with Crippen molar-refractivity contribution in [2.45, 2.75) is 32.6 Å². The van der Waals surface area contributed by atoms with Gasteiger partial charge in [-0.1, -0.05) is 25.3 Å². The second-order valence-corrected chi connectivity index (χ2v) is 2.97. The maximum atomic E-state index is 11.0. The summed E-state index contributed by atoms with van der Waals surface area (Å²) >= 11 is 0. The predicted molar refractivity (Wildman–Crippen MR) is 41.8 cm³/mol. The smallest absolute Gasteiger partial charge is 0.155 e. The van der Waals surface area contributed by atoms with E-state index in [2.05, 4.69) is 0 Å². The van der Waals surface area contributed by atoms with E-state index in [0.717, 1.165) is 6.42 Å². The van der Waals surface area contributed by atoms with E-state index in [1.54, 1.807) is 6.08 Å². The van der Waals surface area contributed by atoms with Gasteiger partial charge in [-0.05, 0) is 18.9 Å². The molecule has 0 saturated heterocycles. The van der Waals surface area contributed by atoms with E-state index in [4.69, 9.17) is 0 Å². The van der Waals surface area contributed by atoms with Crippen LogP contribution in [0.15, 0.2) is 12.2 Å². The Morgan fingerprint density at radius 3 is 2.70 bits per heavy atom. The van der Waals surface area contributed by atoms with Crippen LogP contribution in [0, 0.1) is 5.92 Å². The van der Waals surface area contributed by atoms with Crippen LogP contribution in [-0.2, 0) is 4.79 Å². The van der Waals surface area contributed by atoms with Crippen LogP contribution in [0.5, 0.6) is 0 Å². The summed E-state index contributed by atoms with van der Waals surface area (Å²) in [5.74, 6) is 1.01. The first-order chi connectivity index (χ1) is 4.83. The van der Waals surface area contributed by atoms with Gasteiger partial charge in [-0.3, -0.25) is 4.79 Å². The van der Waals surface area contributed by atoms with Gasteiger partial charge in [0.1, 0.15) is 0 Å². The van der Waals surface area contributed by atoms with E-state index in [1.807, 2.05) is 13.0 Å². The number of carbonyl (C=O) groups excluding carboxylic acids is 1. The third kappa shape index (κ3) is 1.98. The van der Waals surface area contributed by atoms with Crippen LogP contribution < -0.4 is 0 Å². The number of hydrogen-bond donors (Lipinski definition) is 0. The van der Waals surface area contributed by atoms with Gasteiger partial charge in [-0.25, -0.2) is 0 Å². The molecule has 1 saturated carbocycles. The molecular weight excluding hydrogens is 124 g/mol. The van der Waals surface area contributed by atoms with Crippen molar-refractivity contribution >= 4 is 5.78 Å². The van der Waals surface area contributed by atoms with Crippen molar-refractivity contribution in [3.63, 3.8) is 0 Å². The van der Waals surface area contributed by atoms with E-state index in [-0.39, 0.29) is 0 Å². The minimum Gasteiger partial charge on any atom is -0.295 e. The Kier molecular flexibility index (Phi) is 2.67. The molecule has 0 amide bonds. The summed E-state index contributed by atoms with van der Waals surface area (Å²) in [6.45, 7) is 1.89. The largest absolute Gasteiger partial charge is 0.295 e. The van der Waals surface area contributed by atoms with Crippen LogP contribution in [0.25, 0.3) is 0 Å². The molecule has 0 spiro atoms. The topological polar surface area (TPSA) is 17.1 Å². The minimum absolute atomic E-state index is 0.298. The summed E-state index contributed by atoms with van der Waals surface area (Å²) in [6.07, 6.45) is 8.14. The number of rotatable bonds is 3.